The van der Waals surface area contributed by atoms with E-state index in [4.69, 9.17) is 25.6 Å². The second kappa shape index (κ2) is 12.2. The number of pyridine rings is 1. The molecule has 2 atom stereocenters. The van der Waals surface area contributed by atoms with Crippen LogP contribution in [0.2, 0.25) is 0 Å². The molecule has 0 amide bonds. The van der Waals surface area contributed by atoms with Gasteiger partial charge in [-0.15, -0.1) is 19.6 Å². The molecule has 2 aromatic carbocycles. The van der Waals surface area contributed by atoms with Crippen LogP contribution in [0.5, 0.6) is 17.5 Å². The Morgan fingerprint density at radius 1 is 1.06 bits per heavy atom. The summed E-state index contributed by atoms with van der Waals surface area (Å²) in [5, 5.41) is 14.6. The molecule has 0 spiro atoms. The van der Waals surface area contributed by atoms with E-state index in [2.05, 4.69) is 26.1 Å². The summed E-state index contributed by atoms with van der Waals surface area (Å²) < 4.78 is 74.3. The number of piperazine rings is 1. The lowest BCUT2D eigenvalue weighted by Crippen LogP contribution is -2.51. The average molecular weight is 679 g/mol. The number of phenolic OH excluding ortho intramolecular Hbond substituents is 1. The number of morpholine rings is 1. The van der Waals surface area contributed by atoms with Crippen LogP contribution in [-0.4, -0.2) is 95.9 Å². The van der Waals surface area contributed by atoms with Crippen LogP contribution in [0.25, 0.3) is 32.9 Å². The van der Waals surface area contributed by atoms with Gasteiger partial charge in [0.05, 0.1) is 25.4 Å². The first kappa shape index (κ1) is 31.8. The minimum atomic E-state index is -5.15. The van der Waals surface area contributed by atoms with Gasteiger partial charge in [0.1, 0.15) is 22.6 Å². The van der Waals surface area contributed by atoms with Gasteiger partial charge in [-0.25, -0.2) is 9.37 Å². The zero-order chi connectivity index (χ0) is 33.9. The largest absolute Gasteiger partial charge is 0.573 e. The van der Waals surface area contributed by atoms with Crippen LogP contribution in [0, 0.1) is 23.6 Å². The van der Waals surface area contributed by atoms with E-state index in [9.17, 15) is 22.7 Å². The van der Waals surface area contributed by atoms with Crippen LogP contribution in [0.1, 0.15) is 31.2 Å². The Hall–Kier alpha value is -4.45. The van der Waals surface area contributed by atoms with Gasteiger partial charge in [-0.1, -0.05) is 12.0 Å². The van der Waals surface area contributed by atoms with E-state index in [0.717, 1.165) is 51.4 Å². The lowest BCUT2D eigenvalue weighted by atomic mass is 9.94. The minimum Gasteiger partial charge on any atom is -0.508 e. The molecule has 4 aromatic rings. The molecule has 1 saturated carbocycles. The molecule has 3 aliphatic heterocycles. The van der Waals surface area contributed by atoms with E-state index in [1.54, 1.807) is 0 Å². The maximum Gasteiger partial charge on any atom is 0.573 e. The number of rotatable bonds is 8. The van der Waals surface area contributed by atoms with E-state index in [1.165, 1.54) is 24.4 Å². The molecule has 2 bridgehead atoms. The second-order valence-electron chi connectivity index (χ2n) is 13.5. The molecular weight excluding hydrogens is 644 g/mol. The topological polar surface area (TPSA) is 105 Å². The maximum atomic E-state index is 15.0. The molecule has 2 unspecified atom stereocenters. The van der Waals surface area contributed by atoms with Crippen molar-refractivity contribution in [1.82, 2.24) is 25.2 Å². The SMILES string of the molecule is C#Cc1c(F)ccc2cc(O)cc(-c3cnc4c(N5CC6CCC(C5)N6)nc(OCC5(CN6CCOCC6)CC5)nc4c3OC(F)(F)F)c12. The summed E-state index contributed by atoms with van der Waals surface area (Å²) in [7, 11) is 0. The number of hydrogen-bond donors (Lipinski definition) is 2. The van der Waals surface area contributed by atoms with Crippen molar-refractivity contribution in [2.24, 2.45) is 5.41 Å². The summed E-state index contributed by atoms with van der Waals surface area (Å²) in [5.74, 6) is 0.950. The fourth-order valence-electron chi connectivity index (χ4n) is 7.44. The number of hydrogen-bond acceptors (Lipinski definition) is 10. The minimum absolute atomic E-state index is 0.00129. The van der Waals surface area contributed by atoms with Gasteiger partial charge in [-0.05, 0) is 54.8 Å². The third kappa shape index (κ3) is 6.26. The Morgan fingerprint density at radius 3 is 2.51 bits per heavy atom. The quantitative estimate of drug-likeness (QED) is 0.196. The van der Waals surface area contributed by atoms with Crippen molar-refractivity contribution in [3.63, 3.8) is 0 Å². The third-order valence-electron chi connectivity index (χ3n) is 9.97. The molecule has 8 rings (SSSR count). The highest BCUT2D eigenvalue weighted by molar-refractivity contribution is 6.05. The first-order chi connectivity index (χ1) is 23.6. The molecule has 4 fully saturated rings. The van der Waals surface area contributed by atoms with Gasteiger partial charge in [0.25, 0.3) is 0 Å². The summed E-state index contributed by atoms with van der Waals surface area (Å²) in [5.41, 5.74) is -0.612. The molecule has 2 aromatic heterocycles. The van der Waals surface area contributed by atoms with Crippen molar-refractivity contribution in [3.8, 4) is 41.0 Å². The van der Waals surface area contributed by atoms with Gasteiger partial charge in [0, 0.05) is 67.4 Å². The fraction of sp³-hybridized carbons (Fsp3) is 0.457. The molecule has 256 valence electrons. The number of halogens is 4. The molecule has 14 heteroatoms. The van der Waals surface area contributed by atoms with Gasteiger partial charge >= 0.3 is 12.4 Å². The summed E-state index contributed by atoms with van der Waals surface area (Å²) in [6.07, 6.45) is 5.56. The lowest BCUT2D eigenvalue weighted by Gasteiger charge is -2.34. The number of phenols is 1. The van der Waals surface area contributed by atoms with E-state index in [0.29, 0.717) is 37.5 Å². The summed E-state index contributed by atoms with van der Waals surface area (Å²) in [6, 6.07) is 5.39. The monoisotopic (exact) mass is 678 g/mol. The van der Waals surface area contributed by atoms with Gasteiger partial charge in [0.2, 0.25) is 0 Å². The van der Waals surface area contributed by atoms with Crippen LogP contribution in [0.4, 0.5) is 23.4 Å². The van der Waals surface area contributed by atoms with E-state index in [-0.39, 0.29) is 69.0 Å². The zero-order valence-electron chi connectivity index (χ0n) is 26.5. The number of aromatic nitrogens is 3. The highest BCUT2D eigenvalue weighted by Gasteiger charge is 2.45. The van der Waals surface area contributed by atoms with E-state index in [1.807, 2.05) is 4.90 Å². The van der Waals surface area contributed by atoms with Crippen molar-refractivity contribution in [3.05, 3.63) is 41.8 Å². The first-order valence-corrected chi connectivity index (χ1v) is 16.4. The van der Waals surface area contributed by atoms with Gasteiger partial charge in [-0.3, -0.25) is 4.90 Å². The summed E-state index contributed by atoms with van der Waals surface area (Å²) in [6.45, 7) is 5.23. The average Bonchev–Trinajstić information content (AvgIpc) is 3.76. The highest BCUT2D eigenvalue weighted by Crippen LogP contribution is 2.48. The number of ether oxygens (including phenoxy) is 3. The number of anilines is 1. The Labute approximate surface area is 279 Å². The molecule has 49 heavy (non-hydrogen) atoms. The predicted octanol–water partition coefficient (Wildman–Crippen LogP) is 5.00. The smallest absolute Gasteiger partial charge is 0.508 e. The first-order valence-electron chi connectivity index (χ1n) is 16.4. The summed E-state index contributed by atoms with van der Waals surface area (Å²) in [4.78, 5) is 18.2. The predicted molar refractivity (Wildman–Crippen MR) is 173 cm³/mol. The molecule has 4 aliphatic rings. The highest BCUT2D eigenvalue weighted by atomic mass is 19.4. The van der Waals surface area contributed by atoms with Crippen LogP contribution >= 0.6 is 0 Å². The van der Waals surface area contributed by atoms with E-state index < -0.39 is 17.9 Å². The number of nitrogens with zero attached hydrogens (tertiary/aromatic N) is 5. The maximum absolute atomic E-state index is 15.0. The fourth-order valence-corrected chi connectivity index (χ4v) is 7.44. The molecule has 10 nitrogen and oxygen atoms in total. The number of aromatic hydroxyl groups is 1. The molecule has 2 N–H and O–H groups in total. The lowest BCUT2D eigenvalue weighted by molar-refractivity contribution is -0.273. The number of terminal acetylenes is 1. The Bertz CT molecular complexity index is 1960. The second-order valence-corrected chi connectivity index (χ2v) is 13.5. The molecule has 1 aliphatic carbocycles. The normalized spacial score (nSPS) is 22.0. The van der Waals surface area contributed by atoms with Crippen molar-refractivity contribution < 1.29 is 36.9 Å². The third-order valence-corrected chi connectivity index (χ3v) is 9.97. The van der Waals surface area contributed by atoms with Crippen molar-refractivity contribution in [2.45, 2.75) is 44.1 Å². The molecule has 0 radical (unpaired) electrons. The number of benzene rings is 2. The summed E-state index contributed by atoms with van der Waals surface area (Å²) >= 11 is 0. The van der Waals surface area contributed by atoms with Crippen molar-refractivity contribution in [1.29, 1.82) is 0 Å². The Balaban J connectivity index is 1.29. The Morgan fingerprint density at radius 2 is 1.82 bits per heavy atom. The number of fused-ring (bicyclic) bond motifs is 4. The van der Waals surface area contributed by atoms with Crippen molar-refractivity contribution in [2.75, 3.05) is 57.4 Å². The van der Waals surface area contributed by atoms with Gasteiger partial charge < -0.3 is 29.5 Å². The van der Waals surface area contributed by atoms with Crippen LogP contribution in [-0.2, 0) is 4.74 Å². The molecule has 3 saturated heterocycles. The van der Waals surface area contributed by atoms with Gasteiger partial charge in [0.15, 0.2) is 11.6 Å². The molecular formula is C35H34F4N6O4. The standard InChI is InChI=1S/C35H34F4N6O4/c1-2-24-27(36)6-3-20-13-23(46)14-25(28(20)24)26-15-40-30-29(31(26)49-35(37,38)39)42-33(43-32(30)45-16-21-4-5-22(17-45)41-21)48-19-34(7-8-34)18-44-9-11-47-12-10-44/h1,3,6,13-15,21-22,41,46H,4-5,7-12,16-19H2. The van der Waals surface area contributed by atoms with Crippen LogP contribution in [0.15, 0.2) is 30.5 Å². The van der Waals surface area contributed by atoms with Crippen LogP contribution in [0.3, 0.4) is 0 Å². The van der Waals surface area contributed by atoms with Crippen LogP contribution < -0.4 is 19.7 Å². The number of alkyl halides is 3. The van der Waals surface area contributed by atoms with E-state index >= 15 is 0 Å². The molecule has 5 heterocycles. The zero-order valence-corrected chi connectivity index (χ0v) is 26.5. The van der Waals surface area contributed by atoms with Gasteiger partial charge in [-0.2, -0.15) is 9.97 Å². The number of nitrogens with one attached hydrogen (secondary N) is 1. The van der Waals surface area contributed by atoms with Crippen molar-refractivity contribution >= 4 is 27.6 Å². The Kier molecular flexibility index (Phi) is 7.89.